The first kappa shape index (κ1) is 4.83. The summed E-state index contributed by atoms with van der Waals surface area (Å²) in [7, 11) is 3.19. The maximum absolute atomic E-state index is 4.50. The predicted molar refractivity (Wildman–Crippen MR) is 21.6 cm³/mol. The molecule has 0 spiro atoms. The van der Waals surface area contributed by atoms with Crippen molar-refractivity contribution in [3.63, 3.8) is 0 Å². The summed E-state index contributed by atoms with van der Waals surface area (Å²) >= 11 is 0. The van der Waals surface area contributed by atoms with Gasteiger partial charge in [0.2, 0.25) is 7.11 Å². The van der Waals surface area contributed by atoms with E-state index in [2.05, 4.69) is 11.8 Å². The van der Waals surface area contributed by atoms with E-state index >= 15 is 0 Å². The number of ether oxygens (including phenoxy) is 1. The van der Waals surface area contributed by atoms with Gasteiger partial charge < -0.3 is 0 Å². The second-order valence-corrected chi connectivity index (χ2v) is 1.22. The topological polar surface area (TPSA) is 9.23 Å². The molecule has 0 unspecified atom stereocenters. The van der Waals surface area contributed by atoms with Crippen LogP contribution in [0.5, 0.6) is 0 Å². The van der Waals surface area contributed by atoms with E-state index in [-0.39, 0.29) is 6.10 Å². The van der Waals surface area contributed by atoms with E-state index in [1.54, 1.807) is 0 Å². The molecule has 0 atom stereocenters. The molecule has 0 rings (SSSR count). The minimum absolute atomic E-state index is 0.273. The maximum atomic E-state index is 4.50. The lowest BCUT2D eigenvalue weighted by molar-refractivity contribution is 0.172. The van der Waals surface area contributed by atoms with Crippen LogP contribution in [0.1, 0.15) is 13.8 Å². The van der Waals surface area contributed by atoms with Crippen LogP contribution in [0.4, 0.5) is 0 Å². The van der Waals surface area contributed by atoms with Crippen LogP contribution in [0, 0.1) is 7.11 Å². The lowest BCUT2D eigenvalue weighted by Crippen LogP contribution is -1.92. The Hall–Kier alpha value is -0.170. The van der Waals surface area contributed by atoms with Crippen molar-refractivity contribution in [3.8, 4) is 0 Å². The number of rotatable bonds is 1. The molecule has 5 heavy (non-hydrogen) atoms. The zero-order valence-corrected chi connectivity index (χ0v) is 3.69. The molecule has 0 heterocycles. The van der Waals surface area contributed by atoms with Gasteiger partial charge in [0.05, 0.1) is 0 Å². The van der Waals surface area contributed by atoms with Gasteiger partial charge in [-0.1, -0.05) is 0 Å². The molecule has 0 aliphatic heterocycles. The van der Waals surface area contributed by atoms with Crippen molar-refractivity contribution < 1.29 is 4.74 Å². The average Bonchev–Trinajstić information content (AvgIpc) is 1.38. The van der Waals surface area contributed by atoms with Gasteiger partial charge in [-0.05, 0) is 13.8 Å². The van der Waals surface area contributed by atoms with Crippen molar-refractivity contribution in [2.45, 2.75) is 20.0 Å². The largest absolute Gasteiger partial charge is 0.213 e. The van der Waals surface area contributed by atoms with Gasteiger partial charge in [0.15, 0.2) is 0 Å². The van der Waals surface area contributed by atoms with Crippen molar-refractivity contribution in [1.82, 2.24) is 0 Å². The van der Waals surface area contributed by atoms with Gasteiger partial charge >= 0.3 is 0 Å². The standard InChI is InChI=1S/C4H9O/c1-4(2)5-3/h4H,3H2,1-2H3/q+1. The highest BCUT2D eigenvalue weighted by Gasteiger charge is 1.86. The van der Waals surface area contributed by atoms with Crippen LogP contribution >= 0.6 is 0 Å². The summed E-state index contributed by atoms with van der Waals surface area (Å²) in [6.07, 6.45) is 0.273. The van der Waals surface area contributed by atoms with Crippen molar-refractivity contribution >= 4 is 0 Å². The Labute approximate surface area is 32.9 Å². The summed E-state index contributed by atoms with van der Waals surface area (Å²) in [5, 5.41) is 0. The summed E-state index contributed by atoms with van der Waals surface area (Å²) in [6, 6.07) is 0. The van der Waals surface area contributed by atoms with Gasteiger partial charge in [-0.15, -0.1) is 0 Å². The van der Waals surface area contributed by atoms with E-state index in [9.17, 15) is 0 Å². The smallest absolute Gasteiger partial charge is 0.197 e. The molecule has 0 saturated carbocycles. The van der Waals surface area contributed by atoms with Crippen LogP contribution in [0.25, 0.3) is 0 Å². The molecule has 0 aliphatic rings. The lowest BCUT2D eigenvalue weighted by atomic mass is 10.5. The third-order valence-corrected chi connectivity index (χ3v) is 0.333. The van der Waals surface area contributed by atoms with Gasteiger partial charge in [0, 0.05) is 0 Å². The van der Waals surface area contributed by atoms with E-state index in [1.807, 2.05) is 13.8 Å². The molecule has 0 radical (unpaired) electrons. The molecular formula is C4H9O+. The highest BCUT2D eigenvalue weighted by molar-refractivity contribution is 4.29. The summed E-state index contributed by atoms with van der Waals surface area (Å²) in [6.45, 7) is 3.88. The molecule has 0 aromatic heterocycles. The Morgan fingerprint density at radius 1 is 1.60 bits per heavy atom. The molecule has 1 nitrogen and oxygen atoms in total. The van der Waals surface area contributed by atoms with Gasteiger partial charge in [0.25, 0.3) is 0 Å². The summed E-state index contributed by atoms with van der Waals surface area (Å²) in [5.41, 5.74) is 0. The molecule has 0 aromatic carbocycles. The fourth-order valence-corrected chi connectivity index (χ4v) is 0. The predicted octanol–water partition coefficient (Wildman–Crippen LogP) is 1.20. The minimum Gasteiger partial charge on any atom is -0.197 e. The Kier molecular flexibility index (Phi) is 2.02. The SMILES string of the molecule is [CH2+]OC(C)C. The summed E-state index contributed by atoms with van der Waals surface area (Å²) in [4.78, 5) is 0. The van der Waals surface area contributed by atoms with Crippen LogP contribution in [0.15, 0.2) is 0 Å². The van der Waals surface area contributed by atoms with Gasteiger partial charge in [0.1, 0.15) is 6.10 Å². The van der Waals surface area contributed by atoms with Crippen molar-refractivity contribution in [3.05, 3.63) is 7.11 Å². The van der Waals surface area contributed by atoms with E-state index in [0.29, 0.717) is 0 Å². The molecule has 0 saturated heterocycles. The van der Waals surface area contributed by atoms with E-state index < -0.39 is 0 Å². The molecule has 0 amide bonds. The van der Waals surface area contributed by atoms with Gasteiger partial charge in [-0.25, -0.2) is 0 Å². The molecule has 30 valence electrons. The fourth-order valence-electron chi connectivity index (χ4n) is 0. The molecule has 0 aromatic rings. The van der Waals surface area contributed by atoms with Crippen LogP contribution in [-0.4, -0.2) is 6.10 Å². The zero-order valence-electron chi connectivity index (χ0n) is 3.69. The van der Waals surface area contributed by atoms with E-state index in [4.69, 9.17) is 0 Å². The molecule has 0 bridgehead atoms. The minimum atomic E-state index is 0.273. The van der Waals surface area contributed by atoms with Crippen LogP contribution in [-0.2, 0) is 4.74 Å². The van der Waals surface area contributed by atoms with Crippen LogP contribution < -0.4 is 0 Å². The zero-order chi connectivity index (χ0) is 4.28. The normalized spacial score (nSPS) is 9.40. The van der Waals surface area contributed by atoms with Crippen molar-refractivity contribution in [1.29, 1.82) is 0 Å². The Morgan fingerprint density at radius 3 is 1.80 bits per heavy atom. The molecule has 0 aliphatic carbocycles. The fraction of sp³-hybridized carbons (Fsp3) is 0.750. The number of hydrogen-bond donors (Lipinski definition) is 0. The number of hydrogen-bond acceptors (Lipinski definition) is 1. The third-order valence-electron chi connectivity index (χ3n) is 0.333. The molecular weight excluding hydrogens is 64.0 g/mol. The highest BCUT2D eigenvalue weighted by Crippen LogP contribution is 1.79. The third kappa shape index (κ3) is 3.83. The second kappa shape index (κ2) is 2.09. The Bertz CT molecular complexity index is 17.6. The average molecular weight is 73.1 g/mol. The second-order valence-electron chi connectivity index (χ2n) is 1.22. The quantitative estimate of drug-likeness (QED) is 0.424. The Morgan fingerprint density at radius 2 is 1.80 bits per heavy atom. The highest BCUT2D eigenvalue weighted by atomic mass is 16.5. The maximum Gasteiger partial charge on any atom is 0.213 e. The first-order valence-corrected chi connectivity index (χ1v) is 1.68. The van der Waals surface area contributed by atoms with E-state index in [1.165, 1.54) is 0 Å². The lowest BCUT2D eigenvalue weighted by Gasteiger charge is -1.85. The van der Waals surface area contributed by atoms with Crippen LogP contribution in [0.3, 0.4) is 0 Å². The summed E-state index contributed by atoms with van der Waals surface area (Å²) in [5.74, 6) is 0. The van der Waals surface area contributed by atoms with Crippen molar-refractivity contribution in [2.75, 3.05) is 0 Å². The first-order valence-electron chi connectivity index (χ1n) is 1.68. The first-order chi connectivity index (χ1) is 2.27. The molecule has 1 heteroatoms. The Balaban J connectivity index is 2.54. The monoisotopic (exact) mass is 73.1 g/mol. The van der Waals surface area contributed by atoms with E-state index in [0.717, 1.165) is 0 Å². The van der Waals surface area contributed by atoms with Gasteiger partial charge in [-0.3, -0.25) is 0 Å². The molecule has 0 fully saturated rings. The van der Waals surface area contributed by atoms with Crippen molar-refractivity contribution in [2.24, 2.45) is 0 Å². The van der Waals surface area contributed by atoms with Crippen LogP contribution in [0.2, 0.25) is 0 Å². The van der Waals surface area contributed by atoms with Gasteiger partial charge in [-0.2, -0.15) is 4.74 Å². The molecule has 0 N–H and O–H groups in total. The summed E-state index contributed by atoms with van der Waals surface area (Å²) < 4.78 is 4.50.